The first kappa shape index (κ1) is 21.6. The molecule has 3 heterocycles. The first-order chi connectivity index (χ1) is 16.0. The first-order valence-electron chi connectivity index (χ1n) is 10.6. The SMILES string of the molecule is O=C(c1ccc(Cl)cc1)N1CCC[C@@H](c2nc3c(nnn3Cc3cccc(Cl)c3)c(=O)[nH]2)C1. The van der Waals surface area contributed by atoms with Crippen molar-refractivity contribution in [3.05, 3.63) is 85.9 Å². The molecule has 1 saturated heterocycles. The van der Waals surface area contributed by atoms with Gasteiger partial charge in [-0.2, -0.15) is 0 Å². The number of nitrogens with one attached hydrogen (secondary N) is 1. The van der Waals surface area contributed by atoms with Crippen LogP contribution in [0.1, 0.15) is 40.5 Å². The Morgan fingerprint density at radius 1 is 1.12 bits per heavy atom. The molecule has 1 atom stereocenters. The fraction of sp³-hybridized carbons (Fsp3) is 0.261. The number of aromatic nitrogens is 5. The normalized spacial score (nSPS) is 16.3. The molecule has 0 aliphatic carbocycles. The van der Waals surface area contributed by atoms with Gasteiger partial charge in [0.25, 0.3) is 11.5 Å². The highest BCUT2D eigenvalue weighted by Crippen LogP contribution is 2.26. The number of H-pyrrole nitrogens is 1. The van der Waals surface area contributed by atoms with E-state index in [0.29, 0.717) is 46.7 Å². The topological polar surface area (TPSA) is 96.8 Å². The van der Waals surface area contributed by atoms with Crippen molar-refractivity contribution < 1.29 is 4.79 Å². The molecule has 168 valence electrons. The van der Waals surface area contributed by atoms with E-state index in [0.717, 1.165) is 18.4 Å². The monoisotopic (exact) mass is 482 g/mol. The van der Waals surface area contributed by atoms with Crippen LogP contribution in [0.4, 0.5) is 0 Å². The number of halogens is 2. The summed E-state index contributed by atoms with van der Waals surface area (Å²) in [7, 11) is 0. The summed E-state index contributed by atoms with van der Waals surface area (Å²) in [5.74, 6) is 0.379. The number of hydrogen-bond acceptors (Lipinski definition) is 5. The van der Waals surface area contributed by atoms with Crippen LogP contribution in [0.3, 0.4) is 0 Å². The van der Waals surface area contributed by atoms with Crippen LogP contribution in [0.5, 0.6) is 0 Å². The van der Waals surface area contributed by atoms with Crippen molar-refractivity contribution in [3.8, 4) is 0 Å². The van der Waals surface area contributed by atoms with Crippen molar-refractivity contribution in [2.24, 2.45) is 0 Å². The number of carbonyl (C=O) groups is 1. The number of amides is 1. The zero-order chi connectivity index (χ0) is 22.9. The molecule has 0 bridgehead atoms. The van der Waals surface area contributed by atoms with Gasteiger partial charge in [0, 0.05) is 34.6 Å². The van der Waals surface area contributed by atoms with Crippen LogP contribution < -0.4 is 5.56 Å². The highest BCUT2D eigenvalue weighted by Gasteiger charge is 2.28. The largest absolute Gasteiger partial charge is 0.338 e. The lowest BCUT2D eigenvalue weighted by Crippen LogP contribution is -2.40. The Kier molecular flexibility index (Phi) is 5.86. The number of hydrogen-bond donors (Lipinski definition) is 1. The van der Waals surface area contributed by atoms with Gasteiger partial charge in [0.2, 0.25) is 0 Å². The van der Waals surface area contributed by atoms with Gasteiger partial charge >= 0.3 is 0 Å². The smallest absolute Gasteiger partial charge is 0.281 e. The number of nitrogens with zero attached hydrogens (tertiary/aromatic N) is 5. The summed E-state index contributed by atoms with van der Waals surface area (Å²) in [5, 5.41) is 9.34. The molecule has 4 aromatic rings. The molecule has 0 radical (unpaired) electrons. The molecule has 1 fully saturated rings. The predicted octanol–water partition coefficient (Wildman–Crippen LogP) is 3.89. The maximum Gasteiger partial charge on any atom is 0.281 e. The van der Waals surface area contributed by atoms with Crippen LogP contribution >= 0.6 is 23.2 Å². The minimum Gasteiger partial charge on any atom is -0.338 e. The number of carbonyl (C=O) groups excluding carboxylic acids is 1. The fourth-order valence-electron chi connectivity index (χ4n) is 4.15. The van der Waals surface area contributed by atoms with Crippen LogP contribution in [-0.2, 0) is 6.54 Å². The number of piperidine rings is 1. The molecule has 2 aromatic heterocycles. The number of fused-ring (bicyclic) bond motifs is 1. The Bertz CT molecular complexity index is 1380. The summed E-state index contributed by atoms with van der Waals surface area (Å²) >= 11 is 12.0. The average Bonchev–Trinajstić information content (AvgIpc) is 3.22. The van der Waals surface area contributed by atoms with E-state index in [1.165, 1.54) is 0 Å². The lowest BCUT2D eigenvalue weighted by Gasteiger charge is -2.32. The van der Waals surface area contributed by atoms with Crippen molar-refractivity contribution >= 4 is 40.3 Å². The van der Waals surface area contributed by atoms with Crippen LogP contribution in [0, 0.1) is 0 Å². The van der Waals surface area contributed by atoms with Crippen molar-refractivity contribution in [2.75, 3.05) is 13.1 Å². The number of aromatic amines is 1. The third-order valence-electron chi connectivity index (χ3n) is 5.80. The lowest BCUT2D eigenvalue weighted by molar-refractivity contribution is 0.0704. The van der Waals surface area contributed by atoms with Crippen molar-refractivity contribution in [1.29, 1.82) is 0 Å². The molecule has 1 amide bonds. The molecule has 1 N–H and O–H groups in total. The zero-order valence-electron chi connectivity index (χ0n) is 17.5. The van der Waals surface area contributed by atoms with Gasteiger partial charge in [0.15, 0.2) is 11.2 Å². The van der Waals surface area contributed by atoms with Gasteiger partial charge in [0.05, 0.1) is 6.54 Å². The maximum atomic E-state index is 13.0. The van der Waals surface area contributed by atoms with E-state index in [4.69, 9.17) is 28.2 Å². The molecule has 1 aliphatic rings. The molecule has 0 saturated carbocycles. The van der Waals surface area contributed by atoms with Gasteiger partial charge in [-0.05, 0) is 54.8 Å². The number of benzene rings is 2. The Balaban J connectivity index is 1.42. The fourth-order valence-corrected chi connectivity index (χ4v) is 4.49. The van der Waals surface area contributed by atoms with Gasteiger partial charge in [-0.3, -0.25) is 9.59 Å². The van der Waals surface area contributed by atoms with Crippen LogP contribution in [-0.4, -0.2) is 48.9 Å². The van der Waals surface area contributed by atoms with Crippen LogP contribution in [0.15, 0.2) is 53.3 Å². The van der Waals surface area contributed by atoms with Crippen molar-refractivity contribution in [3.63, 3.8) is 0 Å². The molecular formula is C23H20Cl2N6O2. The van der Waals surface area contributed by atoms with Crippen LogP contribution in [0.2, 0.25) is 10.0 Å². The molecule has 33 heavy (non-hydrogen) atoms. The minimum absolute atomic E-state index is 0.0625. The highest BCUT2D eigenvalue weighted by molar-refractivity contribution is 6.30. The van der Waals surface area contributed by atoms with E-state index >= 15 is 0 Å². The minimum atomic E-state index is -0.339. The van der Waals surface area contributed by atoms with E-state index in [9.17, 15) is 9.59 Å². The molecule has 0 spiro atoms. The van der Waals surface area contributed by atoms with Crippen molar-refractivity contribution in [2.45, 2.75) is 25.3 Å². The summed E-state index contributed by atoms with van der Waals surface area (Å²) < 4.78 is 1.60. The summed E-state index contributed by atoms with van der Waals surface area (Å²) in [6.07, 6.45) is 1.63. The number of rotatable bonds is 4. The molecule has 2 aromatic carbocycles. The second kappa shape index (κ2) is 8.96. The van der Waals surface area contributed by atoms with E-state index in [1.54, 1.807) is 39.9 Å². The third kappa shape index (κ3) is 4.49. The summed E-state index contributed by atoms with van der Waals surface area (Å²) in [6.45, 7) is 1.50. The van der Waals surface area contributed by atoms with E-state index in [-0.39, 0.29) is 22.9 Å². The molecule has 5 rings (SSSR count). The van der Waals surface area contributed by atoms with E-state index in [1.807, 2.05) is 18.2 Å². The van der Waals surface area contributed by atoms with Crippen molar-refractivity contribution in [1.82, 2.24) is 29.9 Å². The summed E-state index contributed by atoms with van der Waals surface area (Å²) in [5.41, 5.74) is 1.77. The second-order valence-electron chi connectivity index (χ2n) is 8.10. The third-order valence-corrected chi connectivity index (χ3v) is 6.29. The van der Waals surface area contributed by atoms with Gasteiger partial charge < -0.3 is 9.88 Å². The molecule has 0 unspecified atom stereocenters. The average molecular weight is 483 g/mol. The van der Waals surface area contributed by atoms with E-state index < -0.39 is 0 Å². The van der Waals surface area contributed by atoms with E-state index in [2.05, 4.69) is 15.3 Å². The highest BCUT2D eigenvalue weighted by atomic mass is 35.5. The van der Waals surface area contributed by atoms with Gasteiger partial charge in [-0.15, -0.1) is 5.10 Å². The number of likely N-dealkylation sites (tertiary alicyclic amines) is 1. The first-order valence-corrected chi connectivity index (χ1v) is 11.4. The Labute approximate surface area is 199 Å². The van der Waals surface area contributed by atoms with Gasteiger partial charge in [-0.1, -0.05) is 40.5 Å². The predicted molar refractivity (Wildman–Crippen MR) is 126 cm³/mol. The van der Waals surface area contributed by atoms with Gasteiger partial charge in [-0.25, -0.2) is 9.67 Å². The lowest BCUT2D eigenvalue weighted by atomic mass is 9.96. The maximum absolute atomic E-state index is 13.0. The van der Waals surface area contributed by atoms with Gasteiger partial charge in [0.1, 0.15) is 5.82 Å². The summed E-state index contributed by atoms with van der Waals surface area (Å²) in [6, 6.07) is 14.3. The Morgan fingerprint density at radius 3 is 2.73 bits per heavy atom. The Hall–Kier alpha value is -3.23. The molecule has 10 heteroatoms. The van der Waals surface area contributed by atoms with Crippen LogP contribution in [0.25, 0.3) is 11.2 Å². The molecule has 8 nitrogen and oxygen atoms in total. The standard InChI is InChI=1S/C23H20Cl2N6O2/c24-17-8-6-15(7-9-17)23(33)30-10-2-4-16(13-30)20-26-21-19(22(32)27-20)28-29-31(21)12-14-3-1-5-18(25)11-14/h1,3,5-9,11,16H,2,4,10,12-13H2,(H,26,27,32)/t16-/m1/s1. The Morgan fingerprint density at radius 2 is 1.94 bits per heavy atom. The molecule has 1 aliphatic heterocycles. The second-order valence-corrected chi connectivity index (χ2v) is 8.97. The quantitative estimate of drug-likeness (QED) is 0.475. The summed E-state index contributed by atoms with van der Waals surface area (Å²) in [4.78, 5) is 35.0. The molecular weight excluding hydrogens is 463 g/mol. The zero-order valence-corrected chi connectivity index (χ0v) is 19.1.